The van der Waals surface area contributed by atoms with Gasteiger partial charge in [-0.05, 0) is 167 Å². The molecule has 8 aromatic rings. The number of rotatable bonds is 6. The first-order valence-electron chi connectivity index (χ1n) is 22.2. The van der Waals surface area contributed by atoms with E-state index in [2.05, 4.69) is 169 Å². The van der Waals surface area contributed by atoms with Crippen LogP contribution in [0.1, 0.15) is 76.3 Å². The zero-order valence-corrected chi connectivity index (χ0v) is 35.2. The second kappa shape index (κ2) is 12.9. The Kier molecular flexibility index (Phi) is 7.79. The van der Waals surface area contributed by atoms with E-state index in [9.17, 15) is 0 Å². The number of methoxy groups -OCH3 is 2. The number of ether oxygens (including phenoxy) is 2. The average Bonchev–Trinajstić information content (AvgIpc) is 3.67. The summed E-state index contributed by atoms with van der Waals surface area (Å²) < 4.78 is 13.4. The van der Waals surface area contributed by atoms with Gasteiger partial charge in [0.1, 0.15) is 11.2 Å². The highest BCUT2D eigenvalue weighted by molar-refractivity contribution is 6.24. The smallest absolute Gasteiger partial charge is 0.118 e. The van der Waals surface area contributed by atoms with Gasteiger partial charge in [-0.25, -0.2) is 0 Å². The van der Waals surface area contributed by atoms with Crippen molar-refractivity contribution in [1.82, 2.24) is 0 Å². The summed E-state index contributed by atoms with van der Waals surface area (Å²) in [5.74, 6) is 0. The van der Waals surface area contributed by atoms with Crippen LogP contribution in [0.5, 0.6) is 0 Å². The molecule has 2 saturated carbocycles. The summed E-state index contributed by atoms with van der Waals surface area (Å²) in [6, 6.07) is 55.1. The lowest BCUT2D eigenvalue weighted by Crippen LogP contribution is -2.57. The fourth-order valence-corrected chi connectivity index (χ4v) is 13.1. The van der Waals surface area contributed by atoms with E-state index in [0.717, 1.165) is 25.7 Å². The third-order valence-corrected chi connectivity index (χ3v) is 15.9. The van der Waals surface area contributed by atoms with Crippen molar-refractivity contribution in [3.8, 4) is 22.3 Å². The lowest BCUT2D eigenvalue weighted by atomic mass is 9.68. The Morgan fingerprint density at radius 3 is 1.13 bits per heavy atom. The summed E-state index contributed by atoms with van der Waals surface area (Å²) in [5.41, 5.74) is 11.5. The minimum Gasteiger partial charge on any atom is -0.371 e. The predicted octanol–water partition coefficient (Wildman–Crippen LogP) is 14.6. The van der Waals surface area contributed by atoms with Crippen LogP contribution in [0.3, 0.4) is 0 Å². The molecule has 2 fully saturated rings. The van der Waals surface area contributed by atoms with Crippen molar-refractivity contribution in [3.63, 3.8) is 0 Å². The lowest BCUT2D eigenvalue weighted by Gasteiger charge is -2.50. The van der Waals surface area contributed by atoms with Gasteiger partial charge in [-0.2, -0.15) is 0 Å². The Bertz CT molecular complexity index is 2710. The summed E-state index contributed by atoms with van der Waals surface area (Å²) in [5, 5.41) is 7.80. The maximum absolute atomic E-state index is 6.71. The largest absolute Gasteiger partial charge is 0.371 e. The van der Waals surface area contributed by atoms with Crippen LogP contribution in [0.15, 0.2) is 146 Å². The Balaban J connectivity index is 0.957. The third kappa shape index (κ3) is 4.64. The van der Waals surface area contributed by atoms with E-state index >= 15 is 0 Å². The van der Waals surface area contributed by atoms with Gasteiger partial charge < -0.3 is 19.3 Å². The van der Waals surface area contributed by atoms with Crippen LogP contribution < -0.4 is 9.80 Å². The van der Waals surface area contributed by atoms with E-state index in [0.29, 0.717) is 0 Å². The molecule has 2 aliphatic heterocycles. The topological polar surface area (TPSA) is 24.9 Å². The van der Waals surface area contributed by atoms with Gasteiger partial charge in [-0.1, -0.05) is 98.5 Å². The molecule has 0 spiro atoms. The Labute approximate surface area is 353 Å². The molecule has 8 aromatic carbocycles. The van der Waals surface area contributed by atoms with E-state index in [-0.39, 0.29) is 22.3 Å². The summed E-state index contributed by atoms with van der Waals surface area (Å²) in [7, 11) is 3.86. The van der Waals surface area contributed by atoms with Crippen LogP contribution in [0, 0.1) is 0 Å². The molecule has 0 amide bonds. The van der Waals surface area contributed by atoms with Crippen molar-refractivity contribution in [3.05, 3.63) is 157 Å². The maximum Gasteiger partial charge on any atom is 0.118 e. The van der Waals surface area contributed by atoms with E-state index in [1.807, 2.05) is 14.2 Å². The molecule has 12 rings (SSSR count). The highest BCUT2D eigenvalue weighted by Crippen LogP contribution is 2.63. The number of benzene rings is 8. The van der Waals surface area contributed by atoms with Crippen molar-refractivity contribution < 1.29 is 9.47 Å². The lowest BCUT2D eigenvalue weighted by molar-refractivity contribution is -0.0872. The molecule has 4 unspecified atom stereocenters. The van der Waals surface area contributed by atoms with Crippen LogP contribution in [0.2, 0.25) is 0 Å². The van der Waals surface area contributed by atoms with Gasteiger partial charge in [0.25, 0.3) is 0 Å². The minimum absolute atomic E-state index is 0.168. The molecule has 2 aliphatic carbocycles. The molecule has 2 heterocycles. The Morgan fingerprint density at radius 2 is 0.767 bits per heavy atom. The predicted molar refractivity (Wildman–Crippen MR) is 249 cm³/mol. The van der Waals surface area contributed by atoms with Gasteiger partial charge in [-0.15, -0.1) is 0 Å². The van der Waals surface area contributed by atoms with Crippen molar-refractivity contribution in [2.24, 2.45) is 0 Å². The molecule has 60 heavy (non-hydrogen) atoms. The quantitative estimate of drug-likeness (QED) is 0.157. The highest BCUT2D eigenvalue weighted by Gasteiger charge is 2.62. The van der Waals surface area contributed by atoms with E-state index in [4.69, 9.17) is 9.47 Å². The average molecular weight is 785 g/mol. The molecule has 4 aliphatic rings. The Morgan fingerprint density at radius 1 is 0.400 bits per heavy atom. The van der Waals surface area contributed by atoms with Crippen molar-refractivity contribution >= 4 is 55.1 Å². The Hall–Kier alpha value is -5.68. The van der Waals surface area contributed by atoms with Gasteiger partial charge in [0.15, 0.2) is 0 Å². The molecule has 0 N–H and O–H groups in total. The molecular formula is C56H52N2O2. The standard InChI is InChI=1S/C56H52N2O2/c1-53-27-11-13-29-55(53,59-3)47-35-37(23-25-49(47)57(53)45-15-7-5-8-16-45)43-31-39-19-21-41-33-44(34-42-22-20-40(32-43)51(39)52(41)42)38-24-26-50-48(36-38)56(60-4)30-14-12-28-54(56,2)58(50)46-17-9-6-10-18-46/h5-10,15-26,31-36H,11-14,27-30H2,1-4H3. The summed E-state index contributed by atoms with van der Waals surface area (Å²) in [6.07, 6.45) is 8.98. The fraction of sp³-hybridized carbons (Fsp3) is 0.286. The molecule has 0 radical (unpaired) electrons. The number of anilines is 4. The van der Waals surface area contributed by atoms with Crippen LogP contribution in [0.25, 0.3) is 54.6 Å². The second-order valence-corrected chi connectivity index (χ2v) is 18.6. The monoisotopic (exact) mass is 784 g/mol. The SMILES string of the molecule is COC12CCCCC1(C)N(c1ccccc1)c1ccc(-c3cc4ccc5cc(-c6ccc7c(c6)C6(OC)CCCCC6(C)N7c6ccccc6)cc6ccc(c3)c4c56)cc12. The first-order chi connectivity index (χ1) is 29.3. The van der Waals surface area contributed by atoms with E-state index < -0.39 is 0 Å². The number of para-hydroxylation sites is 2. The maximum atomic E-state index is 6.71. The number of fused-ring (bicyclic) bond motifs is 6. The van der Waals surface area contributed by atoms with Gasteiger partial charge in [0.2, 0.25) is 0 Å². The van der Waals surface area contributed by atoms with E-state index in [1.54, 1.807) is 0 Å². The fourth-order valence-electron chi connectivity index (χ4n) is 13.1. The molecule has 0 saturated heterocycles. The molecule has 4 heteroatoms. The first kappa shape index (κ1) is 36.2. The highest BCUT2D eigenvalue weighted by atomic mass is 16.5. The van der Waals surface area contributed by atoms with Gasteiger partial charge >= 0.3 is 0 Å². The van der Waals surface area contributed by atoms with Gasteiger partial charge in [0.05, 0.1) is 11.1 Å². The number of hydrogen-bond acceptors (Lipinski definition) is 4. The van der Waals surface area contributed by atoms with Crippen LogP contribution >= 0.6 is 0 Å². The summed E-state index contributed by atoms with van der Waals surface area (Å²) in [6.45, 7) is 4.85. The van der Waals surface area contributed by atoms with E-state index in [1.165, 1.54) is 114 Å². The van der Waals surface area contributed by atoms with Gasteiger partial charge in [0, 0.05) is 48.1 Å². The second-order valence-electron chi connectivity index (χ2n) is 18.6. The first-order valence-corrected chi connectivity index (χ1v) is 22.2. The zero-order chi connectivity index (χ0) is 40.4. The molecular weight excluding hydrogens is 733 g/mol. The van der Waals surface area contributed by atoms with Crippen LogP contribution in [-0.2, 0) is 20.7 Å². The number of nitrogens with zero attached hydrogens (tertiary/aromatic N) is 2. The molecule has 4 nitrogen and oxygen atoms in total. The zero-order valence-electron chi connectivity index (χ0n) is 35.2. The molecule has 0 aromatic heterocycles. The van der Waals surface area contributed by atoms with Crippen molar-refractivity contribution in [2.45, 2.75) is 87.5 Å². The normalized spacial score (nSPS) is 25.8. The number of hydrogen-bond donors (Lipinski definition) is 0. The summed E-state index contributed by atoms with van der Waals surface area (Å²) in [4.78, 5) is 5.16. The molecule has 4 atom stereocenters. The van der Waals surface area contributed by atoms with Crippen LogP contribution in [-0.4, -0.2) is 25.3 Å². The summed E-state index contributed by atoms with van der Waals surface area (Å²) >= 11 is 0. The van der Waals surface area contributed by atoms with Crippen molar-refractivity contribution in [2.75, 3.05) is 24.0 Å². The minimum atomic E-state index is -0.374. The van der Waals surface area contributed by atoms with Crippen molar-refractivity contribution in [1.29, 1.82) is 0 Å². The molecule has 298 valence electrons. The van der Waals surface area contributed by atoms with Gasteiger partial charge in [-0.3, -0.25) is 0 Å². The molecule has 0 bridgehead atoms. The van der Waals surface area contributed by atoms with Crippen LogP contribution in [0.4, 0.5) is 22.7 Å². The third-order valence-electron chi connectivity index (χ3n) is 15.9.